The van der Waals surface area contributed by atoms with E-state index in [9.17, 15) is 4.39 Å². The van der Waals surface area contributed by atoms with Gasteiger partial charge in [0.2, 0.25) is 0 Å². The first-order valence-corrected chi connectivity index (χ1v) is 6.48. The Morgan fingerprint density at radius 1 is 1.29 bits per heavy atom. The van der Waals surface area contributed by atoms with E-state index in [-0.39, 0.29) is 5.82 Å². The molecule has 1 aromatic rings. The Balaban J connectivity index is 1.72. The van der Waals surface area contributed by atoms with Crippen molar-refractivity contribution in [1.29, 1.82) is 0 Å². The van der Waals surface area contributed by atoms with Crippen LogP contribution in [0.5, 0.6) is 5.75 Å². The Morgan fingerprint density at radius 2 is 2.18 bits per heavy atom. The molecule has 1 aromatic carbocycles. The molecular weight excluding hydrogens is 217 g/mol. The summed E-state index contributed by atoms with van der Waals surface area (Å²) in [5.74, 6) is 1.45. The summed E-state index contributed by atoms with van der Waals surface area (Å²) in [6.07, 6.45) is 4.07. The number of hydrogen-bond donors (Lipinski definition) is 1. The van der Waals surface area contributed by atoms with Crippen LogP contribution in [0, 0.1) is 11.7 Å². The van der Waals surface area contributed by atoms with E-state index in [4.69, 9.17) is 4.74 Å². The third-order valence-corrected chi connectivity index (χ3v) is 3.82. The molecule has 0 aromatic heterocycles. The van der Waals surface area contributed by atoms with Crippen LogP contribution < -0.4 is 10.1 Å². The summed E-state index contributed by atoms with van der Waals surface area (Å²) in [6, 6.07) is 3.34. The first-order chi connectivity index (χ1) is 8.34. The number of rotatable bonds is 3. The van der Waals surface area contributed by atoms with E-state index < -0.39 is 0 Å². The van der Waals surface area contributed by atoms with Gasteiger partial charge in [0, 0.05) is 18.0 Å². The molecule has 0 saturated carbocycles. The van der Waals surface area contributed by atoms with Gasteiger partial charge in [0.1, 0.15) is 11.6 Å². The molecule has 2 nitrogen and oxygen atoms in total. The van der Waals surface area contributed by atoms with Gasteiger partial charge in [0.15, 0.2) is 0 Å². The fraction of sp³-hybridized carbons (Fsp3) is 0.571. The summed E-state index contributed by atoms with van der Waals surface area (Å²) in [6.45, 7) is 2.89. The van der Waals surface area contributed by atoms with Crippen LogP contribution in [-0.4, -0.2) is 19.7 Å². The van der Waals surface area contributed by atoms with Crippen LogP contribution in [0.4, 0.5) is 4.39 Å². The van der Waals surface area contributed by atoms with Gasteiger partial charge in [-0.05, 0) is 49.9 Å². The van der Waals surface area contributed by atoms with Crippen molar-refractivity contribution in [3.05, 3.63) is 29.1 Å². The molecule has 2 aliphatic rings. The molecule has 1 aliphatic heterocycles. The SMILES string of the molecule is Fc1ccc(OCC2CCNC2)c2c1CCC2. The normalized spacial score (nSPS) is 22.8. The fourth-order valence-electron chi connectivity index (χ4n) is 2.83. The second-order valence-corrected chi connectivity index (χ2v) is 5.03. The van der Waals surface area contributed by atoms with Crippen LogP contribution in [0.15, 0.2) is 12.1 Å². The molecule has 0 radical (unpaired) electrons. The molecule has 0 bridgehead atoms. The molecule has 0 amide bonds. The number of hydrogen-bond acceptors (Lipinski definition) is 2. The Labute approximate surface area is 101 Å². The highest BCUT2D eigenvalue weighted by Crippen LogP contribution is 2.32. The standard InChI is InChI=1S/C14H18FNO/c15-13-4-5-14(12-3-1-2-11(12)13)17-9-10-6-7-16-8-10/h4-5,10,16H,1-3,6-9H2. The lowest BCUT2D eigenvalue weighted by Gasteiger charge is -2.14. The predicted octanol–water partition coefficient (Wildman–Crippen LogP) is 2.30. The van der Waals surface area contributed by atoms with Crippen LogP contribution in [0.2, 0.25) is 0 Å². The Hall–Kier alpha value is -1.09. The van der Waals surface area contributed by atoms with Gasteiger partial charge in [-0.2, -0.15) is 0 Å². The molecule has 0 spiro atoms. The third-order valence-electron chi connectivity index (χ3n) is 3.82. The van der Waals surface area contributed by atoms with Gasteiger partial charge in [-0.1, -0.05) is 0 Å². The molecule has 1 N–H and O–H groups in total. The van der Waals surface area contributed by atoms with E-state index in [2.05, 4.69) is 5.32 Å². The number of ether oxygens (including phenoxy) is 1. The maximum atomic E-state index is 13.5. The molecule has 1 aliphatic carbocycles. The van der Waals surface area contributed by atoms with Crippen molar-refractivity contribution in [3.8, 4) is 5.75 Å². The van der Waals surface area contributed by atoms with E-state index in [1.807, 2.05) is 0 Å². The van der Waals surface area contributed by atoms with Crippen molar-refractivity contribution >= 4 is 0 Å². The van der Waals surface area contributed by atoms with Crippen LogP contribution in [0.25, 0.3) is 0 Å². The summed E-state index contributed by atoms with van der Waals surface area (Å²) in [5.41, 5.74) is 1.99. The van der Waals surface area contributed by atoms with Crippen molar-refractivity contribution in [2.45, 2.75) is 25.7 Å². The number of halogens is 1. The Morgan fingerprint density at radius 3 is 3.00 bits per heavy atom. The van der Waals surface area contributed by atoms with E-state index >= 15 is 0 Å². The van der Waals surface area contributed by atoms with Crippen molar-refractivity contribution in [2.24, 2.45) is 5.92 Å². The molecule has 1 atom stereocenters. The Bertz CT molecular complexity index is 413. The first kappa shape index (κ1) is 11.0. The van der Waals surface area contributed by atoms with Crippen LogP contribution in [0.1, 0.15) is 24.0 Å². The maximum absolute atomic E-state index is 13.5. The third kappa shape index (κ3) is 2.16. The van der Waals surface area contributed by atoms with E-state index in [1.54, 1.807) is 12.1 Å². The van der Waals surface area contributed by atoms with E-state index in [0.29, 0.717) is 5.92 Å². The average Bonchev–Trinajstić information content (AvgIpc) is 2.99. The number of fused-ring (bicyclic) bond motifs is 1. The lowest BCUT2D eigenvalue weighted by molar-refractivity contribution is 0.257. The summed E-state index contributed by atoms with van der Waals surface area (Å²) in [4.78, 5) is 0. The van der Waals surface area contributed by atoms with Gasteiger partial charge in [-0.3, -0.25) is 0 Å². The van der Waals surface area contributed by atoms with Crippen molar-refractivity contribution in [1.82, 2.24) is 5.32 Å². The molecule has 1 heterocycles. The van der Waals surface area contributed by atoms with Crippen LogP contribution in [-0.2, 0) is 12.8 Å². The van der Waals surface area contributed by atoms with Gasteiger partial charge in [-0.15, -0.1) is 0 Å². The summed E-state index contributed by atoms with van der Waals surface area (Å²) < 4.78 is 19.4. The summed E-state index contributed by atoms with van der Waals surface area (Å²) >= 11 is 0. The lowest BCUT2D eigenvalue weighted by atomic mass is 10.1. The van der Waals surface area contributed by atoms with Crippen LogP contribution in [0.3, 0.4) is 0 Å². The zero-order valence-electron chi connectivity index (χ0n) is 9.97. The van der Waals surface area contributed by atoms with Crippen molar-refractivity contribution < 1.29 is 9.13 Å². The first-order valence-electron chi connectivity index (χ1n) is 6.48. The minimum absolute atomic E-state index is 0.0626. The molecule has 17 heavy (non-hydrogen) atoms. The van der Waals surface area contributed by atoms with Gasteiger partial charge < -0.3 is 10.1 Å². The quantitative estimate of drug-likeness (QED) is 0.868. The molecule has 1 unspecified atom stereocenters. The highest BCUT2D eigenvalue weighted by atomic mass is 19.1. The zero-order chi connectivity index (χ0) is 11.7. The second kappa shape index (κ2) is 4.65. The summed E-state index contributed by atoms with van der Waals surface area (Å²) in [7, 11) is 0. The Kier molecular flexibility index (Phi) is 3.02. The molecule has 3 rings (SSSR count). The largest absolute Gasteiger partial charge is 0.493 e. The lowest BCUT2D eigenvalue weighted by Crippen LogP contribution is -2.16. The van der Waals surface area contributed by atoms with Crippen molar-refractivity contribution in [3.63, 3.8) is 0 Å². The van der Waals surface area contributed by atoms with E-state index in [1.165, 1.54) is 6.42 Å². The smallest absolute Gasteiger partial charge is 0.126 e. The maximum Gasteiger partial charge on any atom is 0.126 e. The second-order valence-electron chi connectivity index (χ2n) is 5.03. The zero-order valence-corrected chi connectivity index (χ0v) is 9.97. The van der Waals surface area contributed by atoms with Gasteiger partial charge in [0.25, 0.3) is 0 Å². The van der Waals surface area contributed by atoms with Gasteiger partial charge in [0.05, 0.1) is 6.61 Å². The van der Waals surface area contributed by atoms with Gasteiger partial charge in [-0.25, -0.2) is 4.39 Å². The minimum atomic E-state index is -0.0626. The van der Waals surface area contributed by atoms with Gasteiger partial charge >= 0.3 is 0 Å². The molecule has 3 heteroatoms. The number of nitrogens with one attached hydrogen (secondary N) is 1. The topological polar surface area (TPSA) is 21.3 Å². The average molecular weight is 235 g/mol. The highest BCUT2D eigenvalue weighted by molar-refractivity contribution is 5.43. The van der Waals surface area contributed by atoms with E-state index in [0.717, 1.165) is 55.8 Å². The molecule has 1 saturated heterocycles. The van der Waals surface area contributed by atoms with Crippen molar-refractivity contribution in [2.75, 3.05) is 19.7 Å². The monoisotopic (exact) mass is 235 g/mol. The predicted molar refractivity (Wildman–Crippen MR) is 64.9 cm³/mol. The molecular formula is C14H18FNO. The number of benzene rings is 1. The fourth-order valence-corrected chi connectivity index (χ4v) is 2.83. The minimum Gasteiger partial charge on any atom is -0.493 e. The molecule has 1 fully saturated rings. The highest BCUT2D eigenvalue weighted by Gasteiger charge is 2.21. The summed E-state index contributed by atoms with van der Waals surface area (Å²) in [5, 5.41) is 3.33. The molecule has 92 valence electrons. The van der Waals surface area contributed by atoms with Crippen LogP contribution >= 0.6 is 0 Å².